The highest BCUT2D eigenvalue weighted by molar-refractivity contribution is 5.93. The molecule has 1 aromatic rings. The molecule has 0 aliphatic carbocycles. The molecule has 4 nitrogen and oxygen atoms in total. The largest absolute Gasteiger partial charge is 0.355 e. The van der Waals surface area contributed by atoms with Gasteiger partial charge in [-0.15, -0.1) is 0 Å². The van der Waals surface area contributed by atoms with Crippen molar-refractivity contribution in [1.82, 2.24) is 10.2 Å². The minimum atomic E-state index is -0.364. The molecular formula is C13H20FN3O. The third-order valence-electron chi connectivity index (χ3n) is 3.00. The Morgan fingerprint density at radius 2 is 2.17 bits per heavy atom. The average Bonchev–Trinajstić information content (AvgIpc) is 2.35. The summed E-state index contributed by atoms with van der Waals surface area (Å²) in [5, 5.41) is 2.46. The van der Waals surface area contributed by atoms with E-state index in [1.165, 1.54) is 13.1 Å². The van der Waals surface area contributed by atoms with E-state index in [2.05, 4.69) is 5.32 Å². The van der Waals surface area contributed by atoms with Gasteiger partial charge >= 0.3 is 0 Å². The van der Waals surface area contributed by atoms with Crippen LogP contribution < -0.4 is 11.1 Å². The smallest absolute Gasteiger partial charge is 0.251 e. The number of carbonyl (C=O) groups excluding carboxylic acids is 1. The lowest BCUT2D eigenvalue weighted by atomic mass is 10.0. The van der Waals surface area contributed by atoms with Gasteiger partial charge in [0.25, 0.3) is 5.91 Å². The number of amides is 1. The van der Waals surface area contributed by atoms with Crippen LogP contribution in [-0.2, 0) is 6.42 Å². The maximum atomic E-state index is 13.9. The van der Waals surface area contributed by atoms with Gasteiger partial charge in [0.05, 0.1) is 0 Å². The zero-order chi connectivity index (χ0) is 13.7. The van der Waals surface area contributed by atoms with E-state index in [1.54, 1.807) is 12.1 Å². The standard InChI is InChI=1S/C13H20FN3O/c1-16-13(18)10-5-4-9(12(14)7-10)6-11(8-15)17(2)3/h4-5,7,11H,6,8,15H2,1-3H3,(H,16,18)/t11-/m0/s1. The summed E-state index contributed by atoms with van der Waals surface area (Å²) in [6, 6.07) is 4.62. The molecule has 0 saturated carbocycles. The fraction of sp³-hybridized carbons (Fsp3) is 0.462. The van der Waals surface area contributed by atoms with Crippen LogP contribution >= 0.6 is 0 Å². The first-order valence-electron chi connectivity index (χ1n) is 5.86. The fourth-order valence-electron chi connectivity index (χ4n) is 1.73. The molecule has 1 aromatic carbocycles. The van der Waals surface area contributed by atoms with E-state index in [4.69, 9.17) is 5.73 Å². The molecule has 0 bridgehead atoms. The molecule has 100 valence electrons. The molecule has 0 saturated heterocycles. The second kappa shape index (κ2) is 6.47. The van der Waals surface area contributed by atoms with Gasteiger partial charge in [0.15, 0.2) is 0 Å². The Bertz CT molecular complexity index is 421. The predicted molar refractivity (Wildman–Crippen MR) is 70.0 cm³/mol. The van der Waals surface area contributed by atoms with Gasteiger partial charge in [-0.3, -0.25) is 4.79 Å². The van der Waals surface area contributed by atoms with Crippen LogP contribution in [0.15, 0.2) is 18.2 Å². The van der Waals surface area contributed by atoms with E-state index in [0.717, 1.165) is 0 Å². The van der Waals surface area contributed by atoms with Gasteiger partial charge in [-0.1, -0.05) is 6.07 Å². The normalized spacial score (nSPS) is 12.6. The molecule has 0 heterocycles. The maximum absolute atomic E-state index is 13.9. The highest BCUT2D eigenvalue weighted by atomic mass is 19.1. The van der Waals surface area contributed by atoms with Gasteiger partial charge in [-0.05, 0) is 38.2 Å². The lowest BCUT2D eigenvalue weighted by molar-refractivity contribution is 0.0962. The van der Waals surface area contributed by atoms with Crippen LogP contribution in [0.5, 0.6) is 0 Å². The van der Waals surface area contributed by atoms with E-state index >= 15 is 0 Å². The van der Waals surface area contributed by atoms with Gasteiger partial charge in [0.2, 0.25) is 0 Å². The number of nitrogens with one attached hydrogen (secondary N) is 1. The van der Waals surface area contributed by atoms with E-state index in [9.17, 15) is 9.18 Å². The van der Waals surface area contributed by atoms with Crippen molar-refractivity contribution < 1.29 is 9.18 Å². The molecule has 3 N–H and O–H groups in total. The highest BCUT2D eigenvalue weighted by Crippen LogP contribution is 2.14. The Balaban J connectivity index is 2.89. The van der Waals surface area contributed by atoms with Gasteiger partial charge in [0.1, 0.15) is 5.82 Å². The summed E-state index contributed by atoms with van der Waals surface area (Å²) in [6.45, 7) is 0.462. The zero-order valence-corrected chi connectivity index (χ0v) is 11.0. The number of hydrogen-bond donors (Lipinski definition) is 2. The van der Waals surface area contributed by atoms with Crippen LogP contribution in [0.4, 0.5) is 4.39 Å². The first-order chi connectivity index (χ1) is 8.49. The van der Waals surface area contributed by atoms with Gasteiger partial charge in [-0.25, -0.2) is 4.39 Å². The number of likely N-dealkylation sites (N-methyl/N-ethyl adjacent to an activating group) is 1. The van der Waals surface area contributed by atoms with Crippen molar-refractivity contribution in [3.8, 4) is 0 Å². The zero-order valence-electron chi connectivity index (χ0n) is 11.0. The van der Waals surface area contributed by atoms with Crippen molar-refractivity contribution in [2.24, 2.45) is 5.73 Å². The number of carbonyl (C=O) groups is 1. The summed E-state index contributed by atoms with van der Waals surface area (Å²) in [5.41, 5.74) is 6.55. The summed E-state index contributed by atoms with van der Waals surface area (Å²) < 4.78 is 13.9. The monoisotopic (exact) mass is 253 g/mol. The lowest BCUT2D eigenvalue weighted by Gasteiger charge is -2.22. The van der Waals surface area contributed by atoms with Crippen molar-refractivity contribution in [3.05, 3.63) is 35.1 Å². The van der Waals surface area contributed by atoms with Crippen molar-refractivity contribution >= 4 is 5.91 Å². The highest BCUT2D eigenvalue weighted by Gasteiger charge is 2.14. The molecular weight excluding hydrogens is 233 g/mol. The minimum Gasteiger partial charge on any atom is -0.355 e. The summed E-state index contributed by atoms with van der Waals surface area (Å²) >= 11 is 0. The molecule has 1 amide bonds. The second-order valence-electron chi connectivity index (χ2n) is 4.44. The van der Waals surface area contributed by atoms with Crippen LogP contribution in [0, 0.1) is 5.82 Å². The van der Waals surface area contributed by atoms with Crippen molar-refractivity contribution in [2.75, 3.05) is 27.7 Å². The predicted octanol–water partition coefficient (Wildman–Crippen LogP) is 0.617. The third-order valence-corrected chi connectivity index (χ3v) is 3.00. The molecule has 0 spiro atoms. The van der Waals surface area contributed by atoms with Crippen LogP contribution in [0.3, 0.4) is 0 Å². The van der Waals surface area contributed by atoms with E-state index in [0.29, 0.717) is 24.1 Å². The van der Waals surface area contributed by atoms with Crippen molar-refractivity contribution in [2.45, 2.75) is 12.5 Å². The molecule has 0 aromatic heterocycles. The molecule has 0 fully saturated rings. The number of rotatable bonds is 5. The van der Waals surface area contributed by atoms with Crippen molar-refractivity contribution in [1.29, 1.82) is 0 Å². The van der Waals surface area contributed by atoms with E-state index in [-0.39, 0.29) is 17.8 Å². The summed E-state index contributed by atoms with van der Waals surface area (Å²) in [6.07, 6.45) is 0.531. The topological polar surface area (TPSA) is 58.4 Å². The molecule has 1 rings (SSSR count). The molecule has 0 unspecified atom stereocenters. The van der Waals surface area contributed by atoms with Crippen LogP contribution in [-0.4, -0.2) is 44.5 Å². The molecule has 5 heteroatoms. The Morgan fingerprint density at radius 1 is 1.50 bits per heavy atom. The van der Waals surface area contributed by atoms with Gasteiger partial charge in [-0.2, -0.15) is 0 Å². The molecule has 18 heavy (non-hydrogen) atoms. The molecule has 1 atom stereocenters. The molecule has 0 aliphatic heterocycles. The SMILES string of the molecule is CNC(=O)c1ccc(C[C@@H](CN)N(C)C)c(F)c1. The first-order valence-corrected chi connectivity index (χ1v) is 5.86. The number of nitrogens with two attached hydrogens (primary N) is 1. The maximum Gasteiger partial charge on any atom is 0.251 e. The Hall–Kier alpha value is -1.46. The van der Waals surface area contributed by atoms with E-state index < -0.39 is 0 Å². The van der Waals surface area contributed by atoms with Gasteiger partial charge in [0, 0.05) is 25.2 Å². The van der Waals surface area contributed by atoms with Gasteiger partial charge < -0.3 is 16.0 Å². The second-order valence-corrected chi connectivity index (χ2v) is 4.44. The molecule has 0 aliphatic rings. The molecule has 0 radical (unpaired) electrons. The number of halogens is 1. The van der Waals surface area contributed by atoms with Crippen LogP contribution in [0.2, 0.25) is 0 Å². The Kier molecular flexibility index (Phi) is 5.25. The van der Waals surface area contributed by atoms with E-state index in [1.807, 2.05) is 19.0 Å². The van der Waals surface area contributed by atoms with Crippen LogP contribution in [0.25, 0.3) is 0 Å². The minimum absolute atomic E-state index is 0.0883. The fourth-order valence-corrected chi connectivity index (χ4v) is 1.73. The van der Waals surface area contributed by atoms with Crippen LogP contribution in [0.1, 0.15) is 15.9 Å². The summed E-state index contributed by atoms with van der Waals surface area (Å²) in [7, 11) is 5.34. The number of benzene rings is 1. The number of nitrogens with zero attached hydrogens (tertiary/aromatic N) is 1. The summed E-state index contributed by atoms with van der Waals surface area (Å²) in [5.74, 6) is -0.653. The lowest BCUT2D eigenvalue weighted by Crippen LogP contribution is -2.37. The Morgan fingerprint density at radius 3 is 2.61 bits per heavy atom. The number of hydrogen-bond acceptors (Lipinski definition) is 3. The summed E-state index contributed by atoms with van der Waals surface area (Å²) in [4.78, 5) is 13.3. The van der Waals surface area contributed by atoms with Crippen molar-refractivity contribution in [3.63, 3.8) is 0 Å². The average molecular weight is 253 g/mol. The quantitative estimate of drug-likeness (QED) is 0.808. The first kappa shape index (κ1) is 14.6. The Labute approximate surface area is 107 Å². The third kappa shape index (κ3) is 3.51.